The fourth-order valence-corrected chi connectivity index (χ4v) is 14.7. The number of carbonyl (C=O) groups is 3. The molecular formula is C51H70N6O4. The van der Waals surface area contributed by atoms with Gasteiger partial charge in [-0.25, -0.2) is 4.98 Å². The van der Waals surface area contributed by atoms with Crippen molar-refractivity contribution < 1.29 is 19.5 Å². The highest BCUT2D eigenvalue weighted by molar-refractivity contribution is 5.94. The summed E-state index contributed by atoms with van der Waals surface area (Å²) in [6.45, 7) is 20.5. The van der Waals surface area contributed by atoms with Gasteiger partial charge in [0.25, 0.3) is 11.8 Å². The standard InChI is InChI=1S/C51H70N6O4/c1-32(2)38-15-22-51(24-23-49(6)39(43(38)51)13-14-41-48(5)20-17-42(58)47(3,4)40(48)16-21-50(41,49)7)46(61)54-25-18-33-9-8-10-34(27-33)44(59)56-30-36-12-11-35(28-55-36)45(60)53-26-19-37-29-52-31-57-37/h8-12,27-29,31,38-43,58H,1,13-26,30H2,2-7H3,(H,52,57)(H,53,60)(H,54,61)(H,56,59)/t38-,39?,40?,41?,42-,43?,48-,49+,50+,51-/m0/s1. The highest BCUT2D eigenvalue weighted by Crippen LogP contribution is 2.77. The van der Waals surface area contributed by atoms with Crippen LogP contribution in [0, 0.1) is 56.7 Å². The van der Waals surface area contributed by atoms with Crippen LogP contribution in [0.5, 0.6) is 0 Å². The summed E-state index contributed by atoms with van der Waals surface area (Å²) in [6.07, 6.45) is 16.7. The van der Waals surface area contributed by atoms with Crippen LogP contribution in [0.2, 0.25) is 0 Å². The summed E-state index contributed by atoms with van der Waals surface area (Å²) in [7, 11) is 0. The number of H-pyrrole nitrogens is 1. The zero-order chi connectivity index (χ0) is 43.4. The van der Waals surface area contributed by atoms with Crippen LogP contribution < -0.4 is 16.0 Å². The average molecular weight is 831 g/mol. The number of rotatable bonds is 12. The molecule has 3 aromatic rings. The molecule has 5 saturated carbocycles. The summed E-state index contributed by atoms with van der Waals surface area (Å²) in [6, 6.07) is 11.1. The van der Waals surface area contributed by atoms with E-state index in [4.69, 9.17) is 0 Å². The summed E-state index contributed by atoms with van der Waals surface area (Å²) >= 11 is 0. The van der Waals surface area contributed by atoms with Crippen molar-refractivity contribution in [3.05, 3.63) is 95.3 Å². The lowest BCUT2D eigenvalue weighted by Crippen LogP contribution is -2.67. The third-order valence-corrected chi connectivity index (χ3v) is 18.1. The topological polar surface area (TPSA) is 149 Å². The van der Waals surface area contributed by atoms with Gasteiger partial charge in [-0.05, 0) is 159 Å². The lowest BCUT2D eigenvalue weighted by molar-refractivity contribution is -0.246. The number of allylic oxidation sites excluding steroid dienone is 1. The van der Waals surface area contributed by atoms with E-state index in [2.05, 4.69) is 79.0 Å². The molecule has 0 saturated heterocycles. The minimum Gasteiger partial charge on any atom is -0.393 e. The molecule has 328 valence electrons. The molecule has 5 N–H and O–H groups in total. The average Bonchev–Trinajstić information content (AvgIpc) is 3.91. The van der Waals surface area contributed by atoms with Crippen LogP contribution in [0.4, 0.5) is 0 Å². The second-order valence-electron chi connectivity index (χ2n) is 21.2. The third kappa shape index (κ3) is 7.46. The highest BCUT2D eigenvalue weighted by atomic mass is 16.3. The Morgan fingerprint density at radius 2 is 1.59 bits per heavy atom. The number of imidazole rings is 1. The Labute approximate surface area is 363 Å². The zero-order valence-electron chi connectivity index (χ0n) is 37.5. The predicted octanol–water partition coefficient (Wildman–Crippen LogP) is 8.38. The molecule has 4 unspecified atom stereocenters. The number of nitrogens with one attached hydrogen (secondary N) is 4. The quantitative estimate of drug-likeness (QED) is 0.116. The van der Waals surface area contributed by atoms with Crippen LogP contribution in [-0.2, 0) is 24.2 Å². The van der Waals surface area contributed by atoms with E-state index in [0.717, 1.165) is 49.8 Å². The van der Waals surface area contributed by atoms with Crippen LogP contribution in [0.15, 0.2) is 67.3 Å². The molecule has 0 bridgehead atoms. The Balaban J connectivity index is 0.883. The number of aliphatic hydroxyl groups excluding tert-OH is 1. The second kappa shape index (κ2) is 16.4. The van der Waals surface area contributed by atoms with Crippen LogP contribution in [0.3, 0.4) is 0 Å². The van der Waals surface area contributed by atoms with Gasteiger partial charge in [-0.15, -0.1) is 0 Å². The van der Waals surface area contributed by atoms with Gasteiger partial charge >= 0.3 is 0 Å². The van der Waals surface area contributed by atoms with Crippen molar-refractivity contribution >= 4 is 17.7 Å². The smallest absolute Gasteiger partial charge is 0.252 e. The molecule has 8 rings (SSSR count). The van der Waals surface area contributed by atoms with Crippen molar-refractivity contribution in [2.24, 2.45) is 56.7 Å². The number of pyridine rings is 1. The summed E-state index contributed by atoms with van der Waals surface area (Å²) in [5, 5.41) is 20.4. The van der Waals surface area contributed by atoms with Crippen molar-refractivity contribution in [2.45, 2.75) is 131 Å². The molecule has 5 aliphatic rings. The Bertz CT molecular complexity index is 2120. The molecule has 0 radical (unpaired) electrons. The fourth-order valence-electron chi connectivity index (χ4n) is 14.7. The van der Waals surface area contributed by atoms with Crippen molar-refractivity contribution in [3.8, 4) is 0 Å². The normalized spacial score (nSPS) is 34.8. The molecule has 5 aliphatic carbocycles. The highest BCUT2D eigenvalue weighted by Gasteiger charge is 2.71. The number of fused-ring (bicyclic) bond motifs is 7. The zero-order valence-corrected chi connectivity index (χ0v) is 37.5. The van der Waals surface area contributed by atoms with Gasteiger partial charge in [-0.3, -0.25) is 19.4 Å². The number of nitrogens with zero attached hydrogens (tertiary/aromatic N) is 2. The van der Waals surface area contributed by atoms with E-state index in [0.29, 0.717) is 72.3 Å². The third-order valence-electron chi connectivity index (χ3n) is 18.1. The monoisotopic (exact) mass is 831 g/mol. The van der Waals surface area contributed by atoms with E-state index in [1.54, 1.807) is 30.7 Å². The maximum atomic E-state index is 14.7. The Morgan fingerprint density at radius 3 is 2.33 bits per heavy atom. The molecule has 1 aromatic carbocycles. The largest absolute Gasteiger partial charge is 0.393 e. The van der Waals surface area contributed by atoms with Gasteiger partial charge in [0.2, 0.25) is 5.91 Å². The van der Waals surface area contributed by atoms with E-state index in [-0.39, 0.29) is 57.4 Å². The van der Waals surface area contributed by atoms with Crippen LogP contribution in [-0.4, -0.2) is 57.0 Å². The van der Waals surface area contributed by atoms with Crippen LogP contribution in [0.25, 0.3) is 0 Å². The first-order valence-corrected chi connectivity index (χ1v) is 23.2. The fraction of sp³-hybridized carbons (Fsp3) is 0.627. The summed E-state index contributed by atoms with van der Waals surface area (Å²) in [5.74, 6) is 2.11. The minimum absolute atomic E-state index is 0.0631. The molecule has 2 heterocycles. The Kier molecular flexibility index (Phi) is 11.7. The lowest BCUT2D eigenvalue weighted by Gasteiger charge is -2.72. The maximum absolute atomic E-state index is 14.7. The van der Waals surface area contributed by atoms with Gasteiger partial charge in [0.1, 0.15) is 0 Å². The first kappa shape index (κ1) is 43.3. The van der Waals surface area contributed by atoms with Gasteiger partial charge in [0.15, 0.2) is 0 Å². The minimum atomic E-state index is -0.382. The number of aromatic nitrogens is 3. The summed E-state index contributed by atoms with van der Waals surface area (Å²) in [5.41, 5.74) is 4.98. The number of amides is 3. The predicted molar refractivity (Wildman–Crippen MR) is 238 cm³/mol. The number of hydrogen-bond donors (Lipinski definition) is 5. The molecule has 10 atom stereocenters. The van der Waals surface area contributed by atoms with Gasteiger partial charge in [0.05, 0.1) is 35.6 Å². The molecule has 2 aromatic heterocycles. The van der Waals surface area contributed by atoms with Crippen molar-refractivity contribution in [3.63, 3.8) is 0 Å². The first-order chi connectivity index (χ1) is 29.0. The molecule has 0 spiro atoms. The molecule has 3 amide bonds. The van der Waals surface area contributed by atoms with Crippen LogP contribution >= 0.6 is 0 Å². The van der Waals surface area contributed by atoms with Crippen molar-refractivity contribution in [2.75, 3.05) is 13.1 Å². The number of benzene rings is 1. The molecule has 5 fully saturated rings. The van der Waals surface area contributed by atoms with Crippen LogP contribution in [0.1, 0.15) is 143 Å². The van der Waals surface area contributed by atoms with Gasteiger partial charge in [0, 0.05) is 43.2 Å². The van der Waals surface area contributed by atoms with E-state index in [1.165, 1.54) is 37.5 Å². The Hall–Kier alpha value is -4.31. The Morgan fingerprint density at radius 1 is 0.803 bits per heavy atom. The van der Waals surface area contributed by atoms with Gasteiger partial charge in [-0.1, -0.05) is 58.9 Å². The summed E-state index contributed by atoms with van der Waals surface area (Å²) < 4.78 is 0. The number of carbonyl (C=O) groups excluding carboxylic acids is 3. The molecule has 10 heteroatoms. The van der Waals surface area contributed by atoms with E-state index in [1.807, 2.05) is 18.2 Å². The SMILES string of the molecule is C=C(C)[C@@H]1CC[C@]2(C(=O)NCCc3cccc(C(=O)NCc4ccc(C(=O)NCCc5cnc[nH]5)cn4)c3)CC[C@]3(C)C(CCC4[C@@]5(C)CC[C@H](O)C(C)(C)C5CC[C@]43C)C12. The van der Waals surface area contributed by atoms with Crippen molar-refractivity contribution in [1.82, 2.24) is 30.9 Å². The van der Waals surface area contributed by atoms with Gasteiger partial charge < -0.3 is 26.0 Å². The number of aromatic amines is 1. The molecular weight excluding hydrogens is 761 g/mol. The first-order valence-electron chi connectivity index (χ1n) is 23.2. The van der Waals surface area contributed by atoms with Gasteiger partial charge in [-0.2, -0.15) is 0 Å². The number of aliphatic hydroxyl groups is 1. The van der Waals surface area contributed by atoms with E-state index >= 15 is 0 Å². The maximum Gasteiger partial charge on any atom is 0.252 e. The second-order valence-corrected chi connectivity index (χ2v) is 21.2. The van der Waals surface area contributed by atoms with E-state index in [9.17, 15) is 19.5 Å². The van der Waals surface area contributed by atoms with E-state index < -0.39 is 0 Å². The molecule has 61 heavy (non-hydrogen) atoms. The van der Waals surface area contributed by atoms with Crippen molar-refractivity contribution in [1.29, 1.82) is 0 Å². The number of hydrogen-bond acceptors (Lipinski definition) is 6. The molecule has 10 nitrogen and oxygen atoms in total. The lowest BCUT2D eigenvalue weighted by atomic mass is 9.32. The summed E-state index contributed by atoms with van der Waals surface area (Å²) in [4.78, 5) is 51.9. The molecule has 0 aliphatic heterocycles.